The van der Waals surface area contributed by atoms with E-state index in [-0.39, 0.29) is 37.5 Å². The molecule has 0 saturated carbocycles. The number of ether oxygens (including phenoxy) is 3. The van der Waals surface area contributed by atoms with E-state index in [4.69, 9.17) is 14.2 Å². The lowest BCUT2D eigenvalue weighted by molar-refractivity contribution is -0.167. The van der Waals surface area contributed by atoms with E-state index >= 15 is 0 Å². The molecule has 0 bridgehead atoms. The molecule has 73 heavy (non-hydrogen) atoms. The summed E-state index contributed by atoms with van der Waals surface area (Å²) in [6.07, 6.45) is 82.3. The molecule has 0 aromatic heterocycles. The Morgan fingerprint density at radius 3 is 0.918 bits per heavy atom. The van der Waals surface area contributed by atoms with E-state index in [2.05, 4.69) is 130 Å². The second-order valence-electron chi connectivity index (χ2n) is 19.9. The first-order valence-electron chi connectivity index (χ1n) is 30.4. The zero-order chi connectivity index (χ0) is 52.9. The first-order valence-corrected chi connectivity index (χ1v) is 30.4. The van der Waals surface area contributed by atoms with Crippen molar-refractivity contribution >= 4 is 17.9 Å². The Morgan fingerprint density at radius 2 is 0.548 bits per heavy atom. The third-order valence-corrected chi connectivity index (χ3v) is 12.8. The van der Waals surface area contributed by atoms with Gasteiger partial charge in [-0.1, -0.05) is 265 Å². The predicted molar refractivity (Wildman–Crippen MR) is 316 cm³/mol. The van der Waals surface area contributed by atoms with Gasteiger partial charge < -0.3 is 14.2 Å². The number of unbranched alkanes of at least 4 members (excludes halogenated alkanes) is 25. The van der Waals surface area contributed by atoms with Crippen molar-refractivity contribution in [1.82, 2.24) is 0 Å². The van der Waals surface area contributed by atoms with Crippen molar-refractivity contribution in [3.63, 3.8) is 0 Å². The molecular formula is C67H112O6. The maximum absolute atomic E-state index is 12.9. The molecule has 0 aromatic rings. The minimum Gasteiger partial charge on any atom is -0.462 e. The molecule has 0 aliphatic rings. The van der Waals surface area contributed by atoms with Gasteiger partial charge in [-0.2, -0.15) is 0 Å². The maximum atomic E-state index is 12.9. The van der Waals surface area contributed by atoms with Crippen LogP contribution in [-0.4, -0.2) is 37.2 Å². The quantitative estimate of drug-likeness (QED) is 0.0261. The molecule has 6 nitrogen and oxygen atoms in total. The molecule has 6 heteroatoms. The normalized spacial score (nSPS) is 12.9. The first kappa shape index (κ1) is 69.1. The molecule has 0 spiro atoms. The van der Waals surface area contributed by atoms with Crippen LogP contribution in [0.3, 0.4) is 0 Å². The Balaban J connectivity index is 4.51. The Labute approximate surface area is 450 Å². The Morgan fingerprint density at radius 1 is 0.288 bits per heavy atom. The monoisotopic (exact) mass is 1010 g/mol. The highest BCUT2D eigenvalue weighted by Gasteiger charge is 2.19. The average Bonchev–Trinajstić information content (AvgIpc) is 3.39. The van der Waals surface area contributed by atoms with Gasteiger partial charge in [-0.05, 0) is 103 Å². The SMILES string of the molecule is CC/C=C\C/C=C\C/C=C\C/C=C\C/C=C\CCCCCC(=O)OC[C@H](COC(=O)CCC/C=C\C/C=C\C/C=C\C/C=C\CCCCC)OC(=O)CCCCCCCCCCCCCCCCCCCCC. The summed E-state index contributed by atoms with van der Waals surface area (Å²) in [5.74, 6) is -0.991. The van der Waals surface area contributed by atoms with Crippen LogP contribution in [0.25, 0.3) is 0 Å². The lowest BCUT2D eigenvalue weighted by atomic mass is 10.0. The van der Waals surface area contributed by atoms with Crippen LogP contribution in [0.1, 0.15) is 278 Å². The van der Waals surface area contributed by atoms with Gasteiger partial charge in [-0.25, -0.2) is 0 Å². The molecule has 0 amide bonds. The summed E-state index contributed by atoms with van der Waals surface area (Å²) in [5, 5.41) is 0. The lowest BCUT2D eigenvalue weighted by Gasteiger charge is -2.18. The second kappa shape index (κ2) is 60.6. The molecule has 0 rings (SSSR count). The van der Waals surface area contributed by atoms with Crippen LogP contribution in [0.5, 0.6) is 0 Å². The summed E-state index contributed by atoms with van der Waals surface area (Å²) < 4.78 is 16.8. The molecule has 0 radical (unpaired) electrons. The van der Waals surface area contributed by atoms with Gasteiger partial charge in [0, 0.05) is 19.3 Å². The van der Waals surface area contributed by atoms with E-state index in [9.17, 15) is 14.4 Å². The van der Waals surface area contributed by atoms with Crippen LogP contribution in [-0.2, 0) is 28.6 Å². The number of hydrogen-bond acceptors (Lipinski definition) is 6. The largest absolute Gasteiger partial charge is 0.462 e. The Bertz CT molecular complexity index is 1490. The molecule has 0 aliphatic heterocycles. The fraction of sp³-hybridized carbons (Fsp3) is 0.687. The van der Waals surface area contributed by atoms with Crippen LogP contribution in [0.15, 0.2) is 109 Å². The number of carbonyl (C=O) groups is 3. The average molecular weight is 1010 g/mol. The highest BCUT2D eigenvalue weighted by Crippen LogP contribution is 2.16. The van der Waals surface area contributed by atoms with E-state index < -0.39 is 6.10 Å². The van der Waals surface area contributed by atoms with Crippen LogP contribution >= 0.6 is 0 Å². The summed E-state index contributed by atoms with van der Waals surface area (Å²) >= 11 is 0. The fourth-order valence-electron chi connectivity index (χ4n) is 8.23. The number of esters is 3. The van der Waals surface area contributed by atoms with Gasteiger partial charge in [0.1, 0.15) is 13.2 Å². The van der Waals surface area contributed by atoms with Crippen LogP contribution < -0.4 is 0 Å². The van der Waals surface area contributed by atoms with Gasteiger partial charge in [-0.3, -0.25) is 14.4 Å². The number of carbonyl (C=O) groups excluding carboxylic acids is 3. The van der Waals surface area contributed by atoms with E-state index in [0.29, 0.717) is 19.3 Å². The summed E-state index contributed by atoms with van der Waals surface area (Å²) in [6, 6.07) is 0. The van der Waals surface area contributed by atoms with Crippen molar-refractivity contribution in [3.8, 4) is 0 Å². The summed E-state index contributed by atoms with van der Waals surface area (Å²) in [4.78, 5) is 38.2. The van der Waals surface area contributed by atoms with Crippen molar-refractivity contribution in [2.24, 2.45) is 0 Å². The molecule has 0 fully saturated rings. The molecule has 0 aromatic carbocycles. The van der Waals surface area contributed by atoms with Gasteiger partial charge in [0.25, 0.3) is 0 Å². The third-order valence-electron chi connectivity index (χ3n) is 12.8. The van der Waals surface area contributed by atoms with Crippen molar-refractivity contribution < 1.29 is 28.6 Å². The van der Waals surface area contributed by atoms with Gasteiger partial charge in [0.2, 0.25) is 0 Å². The van der Waals surface area contributed by atoms with Crippen LogP contribution in [0.4, 0.5) is 0 Å². The maximum Gasteiger partial charge on any atom is 0.306 e. The van der Waals surface area contributed by atoms with Crippen molar-refractivity contribution in [2.75, 3.05) is 13.2 Å². The highest BCUT2D eigenvalue weighted by molar-refractivity contribution is 5.71. The smallest absolute Gasteiger partial charge is 0.306 e. The van der Waals surface area contributed by atoms with Gasteiger partial charge in [0.15, 0.2) is 6.10 Å². The van der Waals surface area contributed by atoms with Gasteiger partial charge in [0.05, 0.1) is 0 Å². The molecular weight excluding hydrogens is 901 g/mol. The molecule has 0 N–H and O–H groups in total. The van der Waals surface area contributed by atoms with E-state index in [0.717, 1.165) is 103 Å². The Kier molecular flexibility index (Phi) is 57.4. The van der Waals surface area contributed by atoms with Crippen LogP contribution in [0, 0.1) is 0 Å². The van der Waals surface area contributed by atoms with Gasteiger partial charge in [-0.15, -0.1) is 0 Å². The van der Waals surface area contributed by atoms with Crippen molar-refractivity contribution in [3.05, 3.63) is 109 Å². The molecule has 0 aliphatic carbocycles. The zero-order valence-electron chi connectivity index (χ0n) is 47.6. The lowest BCUT2D eigenvalue weighted by Crippen LogP contribution is -2.30. The highest BCUT2D eigenvalue weighted by atomic mass is 16.6. The third kappa shape index (κ3) is 58.8. The van der Waals surface area contributed by atoms with Crippen molar-refractivity contribution in [2.45, 2.75) is 284 Å². The van der Waals surface area contributed by atoms with Crippen molar-refractivity contribution in [1.29, 1.82) is 0 Å². The molecule has 0 heterocycles. The molecule has 1 atom stereocenters. The summed E-state index contributed by atoms with van der Waals surface area (Å²) in [5.41, 5.74) is 0. The first-order chi connectivity index (χ1) is 36.0. The minimum absolute atomic E-state index is 0.112. The number of rotatable bonds is 54. The van der Waals surface area contributed by atoms with Gasteiger partial charge >= 0.3 is 17.9 Å². The van der Waals surface area contributed by atoms with E-state index in [1.54, 1.807) is 0 Å². The van der Waals surface area contributed by atoms with Crippen LogP contribution in [0.2, 0.25) is 0 Å². The number of hydrogen-bond donors (Lipinski definition) is 0. The molecule has 0 unspecified atom stereocenters. The summed E-state index contributed by atoms with van der Waals surface area (Å²) in [7, 11) is 0. The minimum atomic E-state index is -0.815. The standard InChI is InChI=1S/C67H112O6/c1-4-7-10-13-16-19-22-25-28-31-33-36-39-42-45-48-51-54-57-60-66(69)72-63-64(62-71-65(68)59-56-53-50-47-44-41-38-35-30-27-24-21-18-15-12-9-6-3)73-67(70)61-58-55-52-49-46-43-40-37-34-32-29-26-23-20-17-14-11-8-5-2/h7,10,16,18-19,21,25,27-28,30,33,36,38,41-42,45,47,50,64H,4-6,8-9,11-15,17,20,22-24,26,29,31-32,34-35,37,39-40,43-44,46,48-49,51-63H2,1-3H3/b10-7-,19-16-,21-18-,28-25-,30-27-,36-33-,41-38-,45-42-,50-47-/t64-/m0/s1. The zero-order valence-corrected chi connectivity index (χ0v) is 47.6. The number of allylic oxidation sites excluding steroid dienone is 18. The molecule has 0 saturated heterocycles. The topological polar surface area (TPSA) is 78.9 Å². The summed E-state index contributed by atoms with van der Waals surface area (Å²) in [6.45, 7) is 6.44. The molecule has 416 valence electrons. The second-order valence-corrected chi connectivity index (χ2v) is 19.9. The Hall–Kier alpha value is -3.93. The van der Waals surface area contributed by atoms with E-state index in [1.807, 2.05) is 0 Å². The fourth-order valence-corrected chi connectivity index (χ4v) is 8.23. The van der Waals surface area contributed by atoms with E-state index in [1.165, 1.54) is 128 Å². The predicted octanol–water partition coefficient (Wildman–Crippen LogP) is 20.7.